The van der Waals surface area contributed by atoms with Crippen molar-refractivity contribution in [1.82, 2.24) is 4.79 Å². The van der Waals surface area contributed by atoms with Crippen molar-refractivity contribution in [3.05, 3.63) is 24.3 Å². The van der Waals surface area contributed by atoms with Crippen LogP contribution in [-0.2, 0) is 0 Å². The van der Waals surface area contributed by atoms with Crippen LogP contribution in [0.5, 0.6) is 0 Å². The van der Waals surface area contributed by atoms with Gasteiger partial charge < -0.3 is 0 Å². The van der Waals surface area contributed by atoms with E-state index >= 15 is 0 Å². The van der Waals surface area contributed by atoms with Crippen molar-refractivity contribution in [2.24, 2.45) is 0 Å². The first-order valence-corrected chi connectivity index (χ1v) is 1.79. The highest BCUT2D eigenvalue weighted by atomic mass is 19.2. The lowest BCUT2D eigenvalue weighted by atomic mass is 10.6. The first-order valence-electron chi connectivity index (χ1n) is 1.79. The molecule has 1 aromatic rings. The Kier molecular flexibility index (Phi) is 0.817. The van der Waals surface area contributed by atoms with E-state index in [2.05, 4.69) is 0 Å². The fourth-order valence-electron chi connectivity index (χ4n) is 0.346. The number of aromatic nitrogens is 1. The molecule has 0 amide bonds. The standard InChI is InChI=1S/C4H3F2N/c5-4-1-2-7(6)3-4/h1-3H. The number of hydrogen-bond acceptors (Lipinski definition) is 0. The molecule has 0 fully saturated rings. The van der Waals surface area contributed by atoms with Crippen LogP contribution in [0.3, 0.4) is 0 Å². The Hall–Kier alpha value is -0.860. The summed E-state index contributed by atoms with van der Waals surface area (Å²) in [5.41, 5.74) is 0. The average Bonchev–Trinajstić information content (AvgIpc) is 1.87. The van der Waals surface area contributed by atoms with E-state index in [1.54, 1.807) is 0 Å². The summed E-state index contributed by atoms with van der Waals surface area (Å²) in [6, 6.07) is 1.04. The molecule has 1 aromatic heterocycles. The fraction of sp³-hybridized carbons (Fsp3) is 0. The second kappa shape index (κ2) is 1.33. The van der Waals surface area contributed by atoms with Crippen LogP contribution in [0.15, 0.2) is 18.5 Å². The summed E-state index contributed by atoms with van der Waals surface area (Å²) in [5.74, 6) is -0.553. The van der Waals surface area contributed by atoms with Gasteiger partial charge in [-0.25, -0.2) is 4.39 Å². The van der Waals surface area contributed by atoms with E-state index in [0.29, 0.717) is 0 Å². The molecule has 0 aromatic carbocycles. The third kappa shape index (κ3) is 0.765. The van der Waals surface area contributed by atoms with Crippen molar-refractivity contribution in [2.45, 2.75) is 0 Å². The van der Waals surface area contributed by atoms with Crippen molar-refractivity contribution in [3.63, 3.8) is 0 Å². The van der Waals surface area contributed by atoms with Crippen molar-refractivity contribution in [3.8, 4) is 0 Å². The molecular formula is C4H3F2N. The molecule has 38 valence electrons. The number of nitrogens with zero attached hydrogens (tertiary/aromatic N) is 1. The minimum atomic E-state index is -0.553. The first-order chi connectivity index (χ1) is 3.29. The molecule has 0 saturated heterocycles. The zero-order valence-electron chi connectivity index (χ0n) is 3.44. The first kappa shape index (κ1) is 4.30. The Labute approximate surface area is 39.1 Å². The number of halogens is 2. The van der Waals surface area contributed by atoms with Gasteiger partial charge in [0.25, 0.3) is 0 Å². The Morgan fingerprint density at radius 1 is 1.57 bits per heavy atom. The highest BCUT2D eigenvalue weighted by Crippen LogP contribution is 1.95. The van der Waals surface area contributed by atoms with Gasteiger partial charge in [-0.15, -0.1) is 0 Å². The molecular weight excluding hydrogens is 100 g/mol. The predicted octanol–water partition coefficient (Wildman–Crippen LogP) is 1.36. The van der Waals surface area contributed by atoms with Crippen LogP contribution >= 0.6 is 0 Å². The summed E-state index contributed by atoms with van der Waals surface area (Å²) in [5, 5.41) is 0. The molecule has 0 atom stereocenters. The SMILES string of the molecule is Fc1ccn(F)c1. The van der Waals surface area contributed by atoms with Crippen LogP contribution in [0.2, 0.25) is 0 Å². The van der Waals surface area contributed by atoms with E-state index in [0.717, 1.165) is 18.5 Å². The molecule has 0 spiro atoms. The quantitative estimate of drug-likeness (QED) is 0.467. The van der Waals surface area contributed by atoms with Crippen molar-refractivity contribution in [2.75, 3.05) is 0 Å². The van der Waals surface area contributed by atoms with Crippen LogP contribution in [0.4, 0.5) is 8.87 Å². The highest BCUT2D eigenvalue weighted by Gasteiger charge is 1.88. The van der Waals surface area contributed by atoms with Crippen LogP contribution in [0.1, 0.15) is 0 Å². The largest absolute Gasteiger partial charge is 0.205 e. The van der Waals surface area contributed by atoms with Crippen LogP contribution < -0.4 is 0 Å². The van der Waals surface area contributed by atoms with Crippen LogP contribution in [0, 0.1) is 5.82 Å². The smallest absolute Gasteiger partial charge is 0.143 e. The predicted molar refractivity (Wildman–Crippen MR) is 20.9 cm³/mol. The molecule has 0 bridgehead atoms. The van der Waals surface area contributed by atoms with Gasteiger partial charge in [-0.05, 0) is 6.07 Å². The second-order valence-corrected chi connectivity index (χ2v) is 1.17. The van der Waals surface area contributed by atoms with E-state index in [4.69, 9.17) is 0 Å². The zero-order chi connectivity index (χ0) is 5.28. The lowest BCUT2D eigenvalue weighted by Crippen LogP contribution is -1.68. The lowest BCUT2D eigenvalue weighted by molar-refractivity contribution is 0.367. The normalized spacial score (nSPS) is 9.43. The van der Waals surface area contributed by atoms with Crippen molar-refractivity contribution >= 4 is 0 Å². The van der Waals surface area contributed by atoms with Gasteiger partial charge in [-0.2, -0.15) is 4.79 Å². The van der Waals surface area contributed by atoms with Gasteiger partial charge in [0, 0.05) is 6.20 Å². The highest BCUT2D eigenvalue weighted by molar-refractivity contribution is 4.91. The van der Waals surface area contributed by atoms with Gasteiger partial charge in [-0.1, -0.05) is 4.48 Å². The summed E-state index contributed by atoms with van der Waals surface area (Å²) >= 11 is 0. The van der Waals surface area contributed by atoms with E-state index < -0.39 is 5.82 Å². The van der Waals surface area contributed by atoms with Gasteiger partial charge in [0.05, 0.1) is 6.20 Å². The molecule has 0 aliphatic carbocycles. The minimum Gasteiger partial charge on any atom is -0.205 e. The average molecular weight is 103 g/mol. The summed E-state index contributed by atoms with van der Waals surface area (Å²) < 4.78 is 23.3. The minimum absolute atomic E-state index is 0.162. The Morgan fingerprint density at radius 3 is 2.43 bits per heavy atom. The summed E-state index contributed by atoms with van der Waals surface area (Å²) in [6.07, 6.45) is 1.75. The molecule has 0 unspecified atom stereocenters. The monoisotopic (exact) mass is 103 g/mol. The molecule has 0 radical (unpaired) electrons. The van der Waals surface area contributed by atoms with Crippen LogP contribution in [0.25, 0.3) is 0 Å². The molecule has 1 nitrogen and oxygen atoms in total. The molecule has 0 saturated carbocycles. The van der Waals surface area contributed by atoms with E-state index in [1.165, 1.54) is 0 Å². The van der Waals surface area contributed by atoms with Gasteiger partial charge in [-0.3, -0.25) is 0 Å². The fourth-order valence-corrected chi connectivity index (χ4v) is 0.346. The van der Waals surface area contributed by atoms with Gasteiger partial charge >= 0.3 is 0 Å². The molecule has 1 rings (SSSR count). The van der Waals surface area contributed by atoms with Crippen LogP contribution in [-0.4, -0.2) is 4.79 Å². The topological polar surface area (TPSA) is 4.93 Å². The molecule has 1 heterocycles. The maximum atomic E-state index is 11.7. The van der Waals surface area contributed by atoms with Gasteiger partial charge in [0.2, 0.25) is 0 Å². The van der Waals surface area contributed by atoms with Gasteiger partial charge in [0.1, 0.15) is 5.82 Å². The number of hydrogen-bond donors (Lipinski definition) is 0. The van der Waals surface area contributed by atoms with Crippen molar-refractivity contribution in [1.29, 1.82) is 0 Å². The maximum Gasteiger partial charge on any atom is 0.143 e. The summed E-state index contributed by atoms with van der Waals surface area (Å²) in [4.78, 5) is 0.162. The van der Waals surface area contributed by atoms with E-state index in [9.17, 15) is 8.87 Å². The lowest BCUT2D eigenvalue weighted by Gasteiger charge is -1.72. The molecule has 3 heteroatoms. The van der Waals surface area contributed by atoms with E-state index in [1.807, 2.05) is 0 Å². The van der Waals surface area contributed by atoms with Crippen molar-refractivity contribution < 1.29 is 8.87 Å². The molecule has 0 aliphatic rings. The second-order valence-electron chi connectivity index (χ2n) is 1.17. The Morgan fingerprint density at radius 2 is 2.29 bits per heavy atom. The summed E-state index contributed by atoms with van der Waals surface area (Å²) in [7, 11) is 0. The zero-order valence-corrected chi connectivity index (χ0v) is 3.44. The Bertz CT molecular complexity index is 142. The number of rotatable bonds is 0. The third-order valence-corrected chi connectivity index (χ3v) is 0.623. The molecule has 0 aliphatic heterocycles. The van der Waals surface area contributed by atoms with Gasteiger partial charge in [0.15, 0.2) is 0 Å². The third-order valence-electron chi connectivity index (χ3n) is 0.623. The molecule has 0 N–H and O–H groups in total. The Balaban J connectivity index is 3.04. The summed E-state index contributed by atoms with van der Waals surface area (Å²) in [6.45, 7) is 0. The maximum absolute atomic E-state index is 11.7. The van der Waals surface area contributed by atoms with E-state index in [-0.39, 0.29) is 4.79 Å². The molecule has 7 heavy (non-hydrogen) atoms.